The third-order valence-corrected chi connectivity index (χ3v) is 3.45. The second-order valence-electron chi connectivity index (χ2n) is 5.52. The molecule has 1 unspecified atom stereocenters. The fourth-order valence-corrected chi connectivity index (χ4v) is 2.25. The van der Waals surface area contributed by atoms with Crippen LogP contribution in [0.25, 0.3) is 0 Å². The van der Waals surface area contributed by atoms with Crippen LogP contribution in [0, 0.1) is 5.92 Å². The largest absolute Gasteiger partial charge is 0.353 e. The summed E-state index contributed by atoms with van der Waals surface area (Å²) in [5.41, 5.74) is 1.18. The van der Waals surface area contributed by atoms with Crippen molar-refractivity contribution in [2.45, 2.75) is 26.2 Å². The molecular formula is C15H21ClN2O5S. The Kier molecular flexibility index (Phi) is 8.17. The van der Waals surface area contributed by atoms with E-state index in [2.05, 4.69) is 16.0 Å². The summed E-state index contributed by atoms with van der Waals surface area (Å²) in [6, 6.07) is 9.72. The lowest BCUT2D eigenvalue weighted by Crippen LogP contribution is -2.48. The molecular weight excluding hydrogens is 356 g/mol. The van der Waals surface area contributed by atoms with Crippen molar-refractivity contribution in [1.29, 1.82) is 0 Å². The van der Waals surface area contributed by atoms with Gasteiger partial charge >= 0.3 is 15.4 Å². The Hall–Kier alpha value is -1.64. The van der Waals surface area contributed by atoms with Crippen LogP contribution in [0.3, 0.4) is 0 Å². The maximum atomic E-state index is 11.9. The van der Waals surface area contributed by atoms with Crippen LogP contribution < -0.4 is 5.32 Å². The molecule has 7 nitrogen and oxygen atoms in total. The molecule has 0 spiro atoms. The van der Waals surface area contributed by atoms with Crippen LogP contribution in [-0.4, -0.2) is 42.9 Å². The number of urea groups is 1. The number of piperidine rings is 1. The number of rotatable bonds is 3. The number of nitrogens with one attached hydrogen (secondary N) is 1. The Morgan fingerprint density at radius 2 is 1.96 bits per heavy atom. The number of hydrogen-bond donors (Lipinski definition) is 2. The Morgan fingerprint density at radius 3 is 2.50 bits per heavy atom. The van der Waals surface area contributed by atoms with E-state index in [1.54, 1.807) is 0 Å². The van der Waals surface area contributed by atoms with Gasteiger partial charge in [0.15, 0.2) is 0 Å². The minimum Gasteiger partial charge on any atom is -0.337 e. The van der Waals surface area contributed by atoms with Crippen molar-refractivity contribution in [2.24, 2.45) is 5.92 Å². The summed E-state index contributed by atoms with van der Waals surface area (Å²) in [6.45, 7) is 3.14. The predicted molar refractivity (Wildman–Crippen MR) is 91.1 cm³/mol. The smallest absolute Gasteiger partial charge is 0.337 e. The van der Waals surface area contributed by atoms with E-state index in [0.29, 0.717) is 25.4 Å². The zero-order valence-corrected chi connectivity index (χ0v) is 14.9. The average molecular weight is 377 g/mol. The van der Waals surface area contributed by atoms with Gasteiger partial charge in [0.1, 0.15) is 0 Å². The van der Waals surface area contributed by atoms with E-state index in [9.17, 15) is 9.59 Å². The number of hydrogen-bond acceptors (Lipinski definition) is 4. The zero-order chi connectivity index (χ0) is 18.2. The summed E-state index contributed by atoms with van der Waals surface area (Å²) in [7, 11) is -0.137. The number of halogens is 1. The Labute approximate surface area is 146 Å². The highest BCUT2D eigenvalue weighted by Crippen LogP contribution is 2.17. The molecule has 0 bridgehead atoms. The summed E-state index contributed by atoms with van der Waals surface area (Å²) in [6.07, 6.45) is 2.16. The summed E-state index contributed by atoms with van der Waals surface area (Å²) in [4.78, 5) is 25.0. The van der Waals surface area contributed by atoms with Gasteiger partial charge in [-0.05, 0) is 24.3 Å². The first kappa shape index (κ1) is 20.4. The van der Waals surface area contributed by atoms with E-state index >= 15 is 0 Å². The molecule has 2 rings (SSSR count). The van der Waals surface area contributed by atoms with E-state index in [1.807, 2.05) is 37.3 Å². The molecule has 134 valence electrons. The molecule has 1 atom stereocenters. The molecule has 2 N–H and O–H groups in total. The summed E-state index contributed by atoms with van der Waals surface area (Å²) in [5.74, 6) is 0.330. The van der Waals surface area contributed by atoms with Gasteiger partial charge in [0, 0.05) is 30.2 Å². The molecule has 9 heteroatoms. The van der Waals surface area contributed by atoms with Gasteiger partial charge in [0.25, 0.3) is 0 Å². The van der Waals surface area contributed by atoms with Gasteiger partial charge in [-0.1, -0.05) is 37.3 Å². The number of amides is 3. The van der Waals surface area contributed by atoms with Crippen LogP contribution in [-0.2, 0) is 20.5 Å². The summed E-state index contributed by atoms with van der Waals surface area (Å²) in [5, 5.41) is 2.81. The lowest BCUT2D eigenvalue weighted by atomic mass is 9.99. The normalized spacial score (nSPS) is 17.7. The Balaban J connectivity index is 0.000000505. The number of imide groups is 1. The standard InChI is InChI=1S/C15H20N2O2.ClHO3S/c1-12-8-10-17(14(18)11-12)15(19)16-9-7-13-5-3-2-4-6-13;1-5(2,3)4/h2-6,12H,7-11H2,1H3,(H,16,19);(H,2,3,4). The topological polar surface area (TPSA) is 104 Å². The molecule has 1 aliphatic rings. The predicted octanol–water partition coefficient (Wildman–Crippen LogP) is 2.23. The van der Waals surface area contributed by atoms with E-state index in [0.717, 1.165) is 12.8 Å². The van der Waals surface area contributed by atoms with Gasteiger partial charge < -0.3 is 5.32 Å². The second-order valence-corrected chi connectivity index (χ2v) is 7.52. The summed E-state index contributed by atoms with van der Waals surface area (Å²) < 4.78 is 25.2. The first-order chi connectivity index (χ1) is 11.2. The van der Waals surface area contributed by atoms with Gasteiger partial charge in [0.2, 0.25) is 5.91 Å². The monoisotopic (exact) mass is 376 g/mol. The highest BCUT2D eigenvalue weighted by atomic mass is 35.7. The third-order valence-electron chi connectivity index (χ3n) is 3.45. The molecule has 1 aliphatic heterocycles. The van der Waals surface area contributed by atoms with Crippen LogP contribution in [0.4, 0.5) is 4.79 Å². The van der Waals surface area contributed by atoms with Crippen molar-refractivity contribution in [3.05, 3.63) is 35.9 Å². The summed E-state index contributed by atoms with van der Waals surface area (Å²) >= 11 is 0. The van der Waals surface area contributed by atoms with Crippen molar-refractivity contribution in [3.63, 3.8) is 0 Å². The lowest BCUT2D eigenvalue weighted by molar-refractivity contribution is -0.131. The molecule has 0 radical (unpaired) electrons. The molecule has 1 aromatic rings. The molecule has 0 aliphatic carbocycles. The van der Waals surface area contributed by atoms with Gasteiger partial charge in [0.05, 0.1) is 0 Å². The number of carbonyl (C=O) groups is 2. The maximum absolute atomic E-state index is 11.9. The molecule has 1 heterocycles. The van der Waals surface area contributed by atoms with E-state index in [-0.39, 0.29) is 11.9 Å². The lowest BCUT2D eigenvalue weighted by Gasteiger charge is -2.28. The maximum Gasteiger partial charge on any atom is 0.353 e. The first-order valence-electron chi connectivity index (χ1n) is 7.46. The third kappa shape index (κ3) is 8.85. The minimum atomic E-state index is -4.19. The van der Waals surface area contributed by atoms with Gasteiger partial charge in [-0.2, -0.15) is 8.42 Å². The van der Waals surface area contributed by atoms with Crippen molar-refractivity contribution in [3.8, 4) is 0 Å². The number of carbonyl (C=O) groups excluding carboxylic acids is 2. The zero-order valence-electron chi connectivity index (χ0n) is 13.3. The fourth-order valence-electron chi connectivity index (χ4n) is 2.25. The number of likely N-dealkylation sites (tertiary alicyclic amines) is 1. The van der Waals surface area contributed by atoms with Crippen molar-refractivity contribution >= 4 is 32.0 Å². The molecule has 1 aromatic carbocycles. The van der Waals surface area contributed by atoms with Gasteiger partial charge in [-0.3, -0.25) is 14.2 Å². The van der Waals surface area contributed by atoms with Gasteiger partial charge in [-0.15, -0.1) is 0 Å². The number of nitrogens with zero attached hydrogens (tertiary/aromatic N) is 1. The highest BCUT2D eigenvalue weighted by molar-refractivity contribution is 8.09. The van der Waals surface area contributed by atoms with E-state index < -0.39 is 9.33 Å². The van der Waals surface area contributed by atoms with Gasteiger partial charge in [-0.25, -0.2) is 4.79 Å². The van der Waals surface area contributed by atoms with E-state index in [4.69, 9.17) is 13.0 Å². The molecule has 1 fully saturated rings. The molecule has 24 heavy (non-hydrogen) atoms. The van der Waals surface area contributed by atoms with Crippen LogP contribution in [0.2, 0.25) is 0 Å². The number of benzene rings is 1. The molecule has 1 saturated heterocycles. The highest BCUT2D eigenvalue weighted by Gasteiger charge is 2.27. The molecule has 3 amide bonds. The SMILES string of the molecule is CC1CCN(C(=O)NCCc2ccccc2)C(=O)C1.O=S(=O)(O)Cl. The molecule has 0 saturated carbocycles. The first-order valence-corrected chi connectivity index (χ1v) is 9.72. The van der Waals surface area contributed by atoms with E-state index in [1.165, 1.54) is 10.5 Å². The van der Waals surface area contributed by atoms with Crippen LogP contribution in [0.15, 0.2) is 30.3 Å². The van der Waals surface area contributed by atoms with Crippen molar-refractivity contribution in [2.75, 3.05) is 13.1 Å². The van der Waals surface area contributed by atoms with Crippen molar-refractivity contribution < 1.29 is 22.6 Å². The van der Waals surface area contributed by atoms with Crippen LogP contribution >= 0.6 is 10.7 Å². The minimum absolute atomic E-state index is 0.0593. The Bertz CT molecular complexity index is 643. The van der Waals surface area contributed by atoms with Crippen LogP contribution in [0.1, 0.15) is 25.3 Å². The Morgan fingerprint density at radius 1 is 1.38 bits per heavy atom. The second kappa shape index (κ2) is 9.61. The molecule has 0 aromatic heterocycles. The quantitative estimate of drug-likeness (QED) is 0.621. The van der Waals surface area contributed by atoms with Crippen molar-refractivity contribution in [1.82, 2.24) is 10.2 Å². The van der Waals surface area contributed by atoms with Crippen LogP contribution in [0.5, 0.6) is 0 Å². The average Bonchev–Trinajstić information content (AvgIpc) is 2.46. The fraction of sp³-hybridized carbons (Fsp3) is 0.467.